The summed E-state index contributed by atoms with van der Waals surface area (Å²) < 4.78 is 70.3. The van der Waals surface area contributed by atoms with E-state index in [0.29, 0.717) is 12.2 Å². The summed E-state index contributed by atoms with van der Waals surface area (Å²) in [5, 5.41) is 2.90. The van der Waals surface area contributed by atoms with E-state index in [1.54, 1.807) is 0 Å². The number of carbonyl (C=O) groups excluding carboxylic acids is 1. The van der Waals surface area contributed by atoms with Gasteiger partial charge in [-0.1, -0.05) is 32.0 Å². The quantitative estimate of drug-likeness (QED) is 0.620. The number of fused-ring (bicyclic) bond motifs is 1. The number of carbonyl (C=O) groups is 1. The van der Waals surface area contributed by atoms with Crippen LogP contribution >= 0.6 is 0 Å². The number of benzene rings is 2. The number of anilines is 1. The molecular weight excluding hydrogens is 457 g/mol. The van der Waals surface area contributed by atoms with E-state index in [1.165, 1.54) is 0 Å². The van der Waals surface area contributed by atoms with Crippen molar-refractivity contribution in [2.24, 2.45) is 0 Å². The molecule has 0 spiro atoms. The highest BCUT2D eigenvalue weighted by atomic mass is 32.2. The number of hydrogen-bond donors (Lipinski definition) is 1. The molecular formula is C23H27F3N2O4S. The average molecular weight is 485 g/mol. The van der Waals surface area contributed by atoms with Gasteiger partial charge in [0, 0.05) is 12.0 Å². The van der Waals surface area contributed by atoms with E-state index in [1.807, 2.05) is 38.1 Å². The molecule has 0 fully saturated rings. The van der Waals surface area contributed by atoms with Gasteiger partial charge in [-0.15, -0.1) is 0 Å². The molecule has 1 atom stereocenters. The van der Waals surface area contributed by atoms with Crippen molar-refractivity contribution < 1.29 is 31.1 Å². The molecule has 0 aliphatic carbocycles. The van der Waals surface area contributed by atoms with Gasteiger partial charge in [0.2, 0.25) is 15.9 Å². The molecule has 2 aromatic rings. The summed E-state index contributed by atoms with van der Waals surface area (Å²) in [6.45, 7) is 3.45. The van der Waals surface area contributed by atoms with Crippen LogP contribution in [0.25, 0.3) is 0 Å². The lowest BCUT2D eigenvalue weighted by atomic mass is 9.83. The minimum Gasteiger partial charge on any atom is -0.487 e. The SMILES string of the molecule is CCC1(CC)C[C@@H](NC(=O)CN(c2ccc(C(F)(F)F)cc2)S(C)(=O)=O)c2ccccc2O1. The lowest BCUT2D eigenvalue weighted by molar-refractivity contribution is -0.137. The number of ether oxygens (including phenoxy) is 1. The number of para-hydroxylation sites is 1. The zero-order valence-corrected chi connectivity index (χ0v) is 19.5. The van der Waals surface area contributed by atoms with Gasteiger partial charge in [0.25, 0.3) is 0 Å². The van der Waals surface area contributed by atoms with Gasteiger partial charge in [-0.05, 0) is 43.2 Å². The summed E-state index contributed by atoms with van der Waals surface area (Å²) in [7, 11) is -3.93. The summed E-state index contributed by atoms with van der Waals surface area (Å²) in [6.07, 6.45) is -1.67. The predicted octanol–water partition coefficient (Wildman–Crippen LogP) is 4.67. The van der Waals surface area contributed by atoms with Gasteiger partial charge in [0.1, 0.15) is 17.9 Å². The van der Waals surface area contributed by atoms with Gasteiger partial charge in [0.15, 0.2) is 0 Å². The fourth-order valence-electron chi connectivity index (χ4n) is 4.02. The van der Waals surface area contributed by atoms with E-state index in [4.69, 9.17) is 4.74 Å². The van der Waals surface area contributed by atoms with Crippen molar-refractivity contribution in [1.82, 2.24) is 5.32 Å². The third-order valence-corrected chi connectivity index (χ3v) is 7.13. The number of hydrogen-bond acceptors (Lipinski definition) is 4. The Morgan fingerprint density at radius 3 is 2.27 bits per heavy atom. The zero-order valence-electron chi connectivity index (χ0n) is 18.6. The fraction of sp³-hybridized carbons (Fsp3) is 0.435. The predicted molar refractivity (Wildman–Crippen MR) is 120 cm³/mol. The maximum absolute atomic E-state index is 12.9. The summed E-state index contributed by atoms with van der Waals surface area (Å²) in [5.74, 6) is 0.101. The van der Waals surface area contributed by atoms with Gasteiger partial charge in [0.05, 0.1) is 23.5 Å². The van der Waals surface area contributed by atoms with Gasteiger partial charge in [-0.25, -0.2) is 8.42 Å². The first-order valence-corrected chi connectivity index (χ1v) is 12.5. The molecule has 2 aromatic carbocycles. The molecule has 10 heteroatoms. The van der Waals surface area contributed by atoms with Crippen LogP contribution in [0.2, 0.25) is 0 Å². The van der Waals surface area contributed by atoms with Crippen molar-refractivity contribution in [2.75, 3.05) is 17.1 Å². The standard InChI is InChI=1S/C23H27F3N2O4S/c1-4-22(5-2)14-19(18-8-6-7-9-20(18)32-22)27-21(29)15-28(33(3,30)31)17-12-10-16(11-13-17)23(24,25)26/h6-13,19H,4-5,14-15H2,1-3H3,(H,27,29)/t19-/m1/s1. The van der Waals surface area contributed by atoms with Crippen LogP contribution in [0, 0.1) is 0 Å². The van der Waals surface area contributed by atoms with Crippen LogP contribution in [-0.2, 0) is 21.0 Å². The van der Waals surface area contributed by atoms with Crippen molar-refractivity contribution >= 4 is 21.6 Å². The molecule has 0 unspecified atom stereocenters. The van der Waals surface area contributed by atoms with Crippen molar-refractivity contribution in [3.05, 3.63) is 59.7 Å². The Morgan fingerprint density at radius 1 is 1.12 bits per heavy atom. The number of nitrogens with one attached hydrogen (secondary N) is 1. The van der Waals surface area contributed by atoms with Crippen molar-refractivity contribution in [3.8, 4) is 5.75 Å². The molecule has 3 rings (SSSR count). The Hall–Kier alpha value is -2.75. The number of nitrogens with zero attached hydrogens (tertiary/aromatic N) is 1. The maximum atomic E-state index is 12.9. The highest BCUT2D eigenvalue weighted by molar-refractivity contribution is 7.92. The van der Waals surface area contributed by atoms with Gasteiger partial charge >= 0.3 is 6.18 Å². The van der Waals surface area contributed by atoms with E-state index in [9.17, 15) is 26.4 Å². The van der Waals surface area contributed by atoms with Crippen LogP contribution in [-0.4, -0.2) is 32.7 Å². The second-order valence-corrected chi connectivity index (χ2v) is 10.1. The smallest absolute Gasteiger partial charge is 0.416 e. The highest BCUT2D eigenvalue weighted by Crippen LogP contribution is 2.42. The largest absolute Gasteiger partial charge is 0.487 e. The molecule has 180 valence electrons. The zero-order chi connectivity index (χ0) is 24.4. The highest BCUT2D eigenvalue weighted by Gasteiger charge is 2.39. The normalized spacial score (nSPS) is 17.6. The Kier molecular flexibility index (Phi) is 6.97. The minimum atomic E-state index is -4.55. The molecule has 6 nitrogen and oxygen atoms in total. The molecule has 0 radical (unpaired) electrons. The molecule has 33 heavy (non-hydrogen) atoms. The molecule has 1 amide bonds. The Bertz CT molecular complexity index is 1100. The number of amides is 1. The molecule has 0 saturated carbocycles. The summed E-state index contributed by atoms with van der Waals surface area (Å²) >= 11 is 0. The van der Waals surface area contributed by atoms with Crippen LogP contribution in [0.5, 0.6) is 5.75 Å². The van der Waals surface area contributed by atoms with Crippen molar-refractivity contribution in [2.45, 2.75) is 50.9 Å². The van der Waals surface area contributed by atoms with E-state index in [2.05, 4.69) is 5.32 Å². The number of halogens is 3. The fourth-order valence-corrected chi connectivity index (χ4v) is 4.87. The maximum Gasteiger partial charge on any atom is 0.416 e. The van der Waals surface area contributed by atoms with E-state index in [0.717, 1.165) is 53.2 Å². The number of alkyl halides is 3. The molecule has 1 aliphatic heterocycles. The first kappa shape index (κ1) is 24.9. The van der Waals surface area contributed by atoms with Crippen molar-refractivity contribution in [1.29, 1.82) is 0 Å². The van der Waals surface area contributed by atoms with Gasteiger partial charge in [-0.2, -0.15) is 13.2 Å². The monoisotopic (exact) mass is 484 g/mol. The van der Waals surface area contributed by atoms with Crippen LogP contribution in [0.3, 0.4) is 0 Å². The third kappa shape index (κ3) is 5.61. The van der Waals surface area contributed by atoms with E-state index < -0.39 is 45.9 Å². The number of sulfonamides is 1. The van der Waals surface area contributed by atoms with Gasteiger partial charge < -0.3 is 10.1 Å². The Morgan fingerprint density at radius 2 is 1.73 bits per heavy atom. The first-order valence-electron chi connectivity index (χ1n) is 10.6. The molecule has 0 aromatic heterocycles. The van der Waals surface area contributed by atoms with Crippen molar-refractivity contribution in [3.63, 3.8) is 0 Å². The summed E-state index contributed by atoms with van der Waals surface area (Å²) in [4.78, 5) is 12.9. The summed E-state index contributed by atoms with van der Waals surface area (Å²) in [5.41, 5.74) is -0.595. The average Bonchev–Trinajstić information content (AvgIpc) is 2.76. The third-order valence-electron chi connectivity index (χ3n) is 5.99. The second kappa shape index (κ2) is 9.24. The topological polar surface area (TPSA) is 75.7 Å². The van der Waals surface area contributed by atoms with Crippen LogP contribution in [0.1, 0.15) is 50.3 Å². The van der Waals surface area contributed by atoms with E-state index >= 15 is 0 Å². The lowest BCUT2D eigenvalue weighted by Gasteiger charge is -2.41. The molecule has 1 N–H and O–H groups in total. The molecule has 1 aliphatic rings. The Balaban J connectivity index is 1.84. The lowest BCUT2D eigenvalue weighted by Crippen LogP contribution is -2.47. The molecule has 0 saturated heterocycles. The van der Waals surface area contributed by atoms with Crippen LogP contribution in [0.4, 0.5) is 18.9 Å². The Labute approximate surface area is 191 Å². The summed E-state index contributed by atoms with van der Waals surface area (Å²) in [6, 6.07) is 10.6. The van der Waals surface area contributed by atoms with Crippen LogP contribution < -0.4 is 14.4 Å². The van der Waals surface area contributed by atoms with Crippen LogP contribution in [0.15, 0.2) is 48.5 Å². The second-order valence-electron chi connectivity index (χ2n) is 8.17. The van der Waals surface area contributed by atoms with E-state index in [-0.39, 0.29) is 5.69 Å². The number of rotatable bonds is 7. The molecule has 0 bridgehead atoms. The molecule has 1 heterocycles. The minimum absolute atomic E-state index is 0.0236. The van der Waals surface area contributed by atoms with Gasteiger partial charge in [-0.3, -0.25) is 9.10 Å². The first-order chi connectivity index (χ1) is 15.4.